The summed E-state index contributed by atoms with van der Waals surface area (Å²) in [6, 6.07) is 10.7. The molecule has 0 aliphatic heterocycles. The van der Waals surface area contributed by atoms with Crippen LogP contribution in [0.3, 0.4) is 0 Å². The van der Waals surface area contributed by atoms with Crippen molar-refractivity contribution in [2.75, 3.05) is 11.1 Å². The highest BCUT2D eigenvalue weighted by Crippen LogP contribution is 2.20. The molecule has 0 aromatic heterocycles. The van der Waals surface area contributed by atoms with Crippen molar-refractivity contribution in [2.45, 2.75) is 19.1 Å². The second-order valence-corrected chi connectivity index (χ2v) is 7.80. The van der Waals surface area contributed by atoms with Gasteiger partial charge in [-0.15, -0.1) is 0 Å². The summed E-state index contributed by atoms with van der Waals surface area (Å²) in [4.78, 5) is 12.0. The molecule has 0 aliphatic rings. The van der Waals surface area contributed by atoms with Gasteiger partial charge >= 0.3 is 0 Å². The van der Waals surface area contributed by atoms with Crippen LogP contribution in [0.15, 0.2) is 42.5 Å². The second-order valence-electron chi connectivity index (χ2n) is 5.33. The van der Waals surface area contributed by atoms with Crippen LogP contribution < -0.4 is 5.32 Å². The number of sulfone groups is 1. The lowest BCUT2D eigenvalue weighted by Crippen LogP contribution is -2.24. The Bertz CT molecular complexity index is 853. The highest BCUT2D eigenvalue weighted by atomic mass is 35.5. The molecule has 0 unspecified atom stereocenters. The lowest BCUT2D eigenvalue weighted by molar-refractivity contribution is -0.113. The predicted molar refractivity (Wildman–Crippen MR) is 93.4 cm³/mol. The van der Waals surface area contributed by atoms with E-state index in [-0.39, 0.29) is 10.6 Å². The minimum Gasteiger partial charge on any atom is -0.325 e. The fourth-order valence-corrected chi connectivity index (χ4v) is 3.88. The fraction of sp³-hybridized carbons (Fsp3) is 0.235. The maximum absolute atomic E-state index is 13.0. The molecule has 24 heavy (non-hydrogen) atoms. The normalized spacial score (nSPS) is 11.3. The Balaban J connectivity index is 2.07. The molecule has 0 atom stereocenters. The molecular formula is C17H17ClFNO3S. The molecule has 4 nitrogen and oxygen atoms in total. The summed E-state index contributed by atoms with van der Waals surface area (Å²) in [7, 11) is -3.73. The minimum atomic E-state index is -3.73. The summed E-state index contributed by atoms with van der Waals surface area (Å²) in [6.07, 6.45) is 0.717. The monoisotopic (exact) mass is 369 g/mol. The van der Waals surface area contributed by atoms with Crippen molar-refractivity contribution < 1.29 is 17.6 Å². The zero-order valence-electron chi connectivity index (χ0n) is 13.1. The second kappa shape index (κ2) is 7.77. The maximum atomic E-state index is 13.0. The van der Waals surface area contributed by atoms with Crippen LogP contribution in [0.4, 0.5) is 10.1 Å². The molecular weight excluding hydrogens is 353 g/mol. The molecule has 0 aliphatic carbocycles. The first-order valence-corrected chi connectivity index (χ1v) is 9.53. The number of hydrogen-bond donors (Lipinski definition) is 1. The van der Waals surface area contributed by atoms with E-state index in [2.05, 4.69) is 5.32 Å². The Morgan fingerprint density at radius 1 is 1.17 bits per heavy atom. The van der Waals surface area contributed by atoms with Crippen LogP contribution in [-0.2, 0) is 26.8 Å². The number of aryl methyl sites for hydroxylation is 1. The van der Waals surface area contributed by atoms with Gasteiger partial charge in [0.2, 0.25) is 5.91 Å². The number of hydrogen-bond acceptors (Lipinski definition) is 3. The van der Waals surface area contributed by atoms with Crippen molar-refractivity contribution >= 4 is 33.0 Å². The molecule has 0 spiro atoms. The van der Waals surface area contributed by atoms with Gasteiger partial charge in [-0.2, -0.15) is 0 Å². The Morgan fingerprint density at radius 3 is 2.54 bits per heavy atom. The van der Waals surface area contributed by atoms with Crippen LogP contribution >= 0.6 is 11.6 Å². The number of carbonyl (C=O) groups is 1. The highest BCUT2D eigenvalue weighted by molar-refractivity contribution is 7.91. The quantitative estimate of drug-likeness (QED) is 0.846. The average molecular weight is 370 g/mol. The average Bonchev–Trinajstić information content (AvgIpc) is 2.50. The Kier molecular flexibility index (Phi) is 5.96. The summed E-state index contributed by atoms with van der Waals surface area (Å²) in [5, 5.41) is 2.64. The first kappa shape index (κ1) is 18.4. The van der Waals surface area contributed by atoms with Gasteiger partial charge in [-0.1, -0.05) is 42.8 Å². The summed E-state index contributed by atoms with van der Waals surface area (Å²) in [5.41, 5.74) is 1.78. The Morgan fingerprint density at radius 2 is 1.88 bits per heavy atom. The molecule has 2 rings (SSSR count). The lowest BCUT2D eigenvalue weighted by atomic mass is 10.1. The molecule has 1 amide bonds. The van der Waals surface area contributed by atoms with Gasteiger partial charge in [0.1, 0.15) is 11.6 Å². The molecule has 2 aromatic rings. The fourth-order valence-electron chi connectivity index (χ4n) is 2.26. The molecule has 1 N–H and O–H groups in total. The third kappa shape index (κ3) is 5.04. The summed E-state index contributed by atoms with van der Waals surface area (Å²) in [6.45, 7) is 1.94. The highest BCUT2D eigenvalue weighted by Gasteiger charge is 2.19. The van der Waals surface area contributed by atoms with E-state index < -0.39 is 33.1 Å². The number of rotatable bonds is 6. The van der Waals surface area contributed by atoms with Gasteiger partial charge in [-0.3, -0.25) is 4.79 Å². The van der Waals surface area contributed by atoms with Gasteiger partial charge in [-0.25, -0.2) is 12.8 Å². The molecule has 128 valence electrons. The van der Waals surface area contributed by atoms with Crippen molar-refractivity contribution in [1.82, 2.24) is 0 Å². The summed E-state index contributed by atoms with van der Waals surface area (Å²) in [5.74, 6) is -2.25. The smallest absolute Gasteiger partial charge is 0.239 e. The van der Waals surface area contributed by atoms with E-state index >= 15 is 0 Å². The van der Waals surface area contributed by atoms with Crippen LogP contribution in [-0.4, -0.2) is 20.1 Å². The minimum absolute atomic E-state index is 0.0234. The van der Waals surface area contributed by atoms with E-state index in [4.69, 9.17) is 11.6 Å². The van der Waals surface area contributed by atoms with E-state index in [0.717, 1.165) is 17.7 Å². The van der Waals surface area contributed by atoms with Gasteiger partial charge < -0.3 is 5.32 Å². The number of carbonyl (C=O) groups excluding carboxylic acids is 1. The SMILES string of the molecule is CCc1ccccc1NC(=O)CS(=O)(=O)Cc1ccc(F)cc1Cl. The Labute approximate surface area is 145 Å². The summed E-state index contributed by atoms with van der Waals surface area (Å²) < 4.78 is 37.4. The van der Waals surface area contributed by atoms with Crippen LogP contribution in [0, 0.1) is 5.82 Å². The van der Waals surface area contributed by atoms with Crippen molar-refractivity contribution in [3.63, 3.8) is 0 Å². The van der Waals surface area contributed by atoms with E-state index in [1.807, 2.05) is 19.1 Å². The number of anilines is 1. The molecule has 0 saturated carbocycles. The molecule has 0 fully saturated rings. The number of para-hydroxylation sites is 1. The molecule has 2 aromatic carbocycles. The molecule has 0 heterocycles. The third-order valence-corrected chi connectivity index (χ3v) is 5.22. The van der Waals surface area contributed by atoms with Gasteiger partial charge in [-0.05, 0) is 35.7 Å². The van der Waals surface area contributed by atoms with Gasteiger partial charge in [0.05, 0.1) is 5.75 Å². The first-order chi connectivity index (χ1) is 11.3. The van der Waals surface area contributed by atoms with Crippen LogP contribution in [0.25, 0.3) is 0 Å². The van der Waals surface area contributed by atoms with Crippen molar-refractivity contribution in [3.05, 3.63) is 64.4 Å². The number of halogens is 2. The van der Waals surface area contributed by atoms with E-state index in [0.29, 0.717) is 12.1 Å². The van der Waals surface area contributed by atoms with Gasteiger partial charge in [0.15, 0.2) is 9.84 Å². The lowest BCUT2D eigenvalue weighted by Gasteiger charge is -2.10. The van der Waals surface area contributed by atoms with E-state index in [1.165, 1.54) is 6.07 Å². The van der Waals surface area contributed by atoms with Gasteiger partial charge in [0, 0.05) is 10.7 Å². The van der Waals surface area contributed by atoms with Crippen LogP contribution in [0.5, 0.6) is 0 Å². The van der Waals surface area contributed by atoms with Gasteiger partial charge in [0.25, 0.3) is 0 Å². The van der Waals surface area contributed by atoms with E-state index in [9.17, 15) is 17.6 Å². The topological polar surface area (TPSA) is 63.2 Å². The first-order valence-electron chi connectivity index (χ1n) is 7.33. The van der Waals surface area contributed by atoms with Crippen LogP contribution in [0.2, 0.25) is 5.02 Å². The zero-order chi connectivity index (χ0) is 17.7. The number of amides is 1. The van der Waals surface area contributed by atoms with Crippen LogP contribution in [0.1, 0.15) is 18.1 Å². The number of benzene rings is 2. The predicted octanol–water partition coefficient (Wildman–Crippen LogP) is 3.60. The van der Waals surface area contributed by atoms with Crippen molar-refractivity contribution in [3.8, 4) is 0 Å². The zero-order valence-corrected chi connectivity index (χ0v) is 14.6. The standard InChI is InChI=1S/C17H17ClFNO3S/c1-2-12-5-3-4-6-16(12)20-17(21)11-24(22,23)10-13-7-8-14(19)9-15(13)18/h3-9H,2,10-11H2,1H3,(H,20,21). The maximum Gasteiger partial charge on any atom is 0.239 e. The van der Waals surface area contributed by atoms with Crippen molar-refractivity contribution in [1.29, 1.82) is 0 Å². The Hall–Kier alpha value is -1.92. The largest absolute Gasteiger partial charge is 0.325 e. The molecule has 0 bridgehead atoms. The number of nitrogens with one attached hydrogen (secondary N) is 1. The summed E-state index contributed by atoms with van der Waals surface area (Å²) >= 11 is 5.84. The molecule has 7 heteroatoms. The van der Waals surface area contributed by atoms with E-state index in [1.54, 1.807) is 12.1 Å². The molecule has 0 saturated heterocycles. The third-order valence-electron chi connectivity index (χ3n) is 3.41. The van der Waals surface area contributed by atoms with Crippen molar-refractivity contribution in [2.24, 2.45) is 0 Å². The molecule has 0 radical (unpaired) electrons.